The van der Waals surface area contributed by atoms with E-state index in [0.29, 0.717) is 17.9 Å². The number of fused-ring (bicyclic) bond motifs is 1. The molecule has 1 amide bonds. The van der Waals surface area contributed by atoms with Crippen LogP contribution in [0.3, 0.4) is 0 Å². The minimum Gasteiger partial charge on any atom is -0.462 e. The summed E-state index contributed by atoms with van der Waals surface area (Å²) >= 11 is 1.64. The van der Waals surface area contributed by atoms with Crippen LogP contribution in [0, 0.1) is 32.1 Å². The first-order valence-corrected chi connectivity index (χ1v) is 12.7. The molecule has 0 saturated heterocycles. The smallest absolute Gasteiger partial charge is 0.341 e. The first-order chi connectivity index (χ1) is 16.8. The van der Waals surface area contributed by atoms with Gasteiger partial charge >= 0.3 is 5.97 Å². The standard InChI is InChI=1S/C28H29N3O3S/c1-5-34-28(33)25-23-11-6-7-12-24(23)35-27(25)31-18(3)14-20(19(31)4)15-21(16-29)26(32)30-22-10-8-9-17(2)13-22/h8-10,13-15H,5-7,11-12H2,1-4H3,(H,30,32)/b21-15+. The third-order valence-electron chi connectivity index (χ3n) is 6.25. The van der Waals surface area contributed by atoms with Crippen molar-refractivity contribution in [2.75, 3.05) is 11.9 Å². The number of ether oxygens (including phenoxy) is 1. The lowest BCUT2D eigenvalue weighted by Crippen LogP contribution is -2.13. The number of hydrogen-bond donors (Lipinski definition) is 1. The Balaban J connectivity index is 1.74. The molecule has 180 valence electrons. The van der Waals surface area contributed by atoms with Crippen molar-refractivity contribution in [2.45, 2.75) is 53.4 Å². The lowest BCUT2D eigenvalue weighted by molar-refractivity contribution is -0.112. The van der Waals surface area contributed by atoms with Crippen molar-refractivity contribution in [3.05, 3.63) is 74.4 Å². The minimum absolute atomic E-state index is 0.0165. The largest absolute Gasteiger partial charge is 0.462 e. The molecule has 0 aliphatic heterocycles. The van der Waals surface area contributed by atoms with Gasteiger partial charge < -0.3 is 14.6 Å². The second kappa shape index (κ2) is 10.3. The summed E-state index contributed by atoms with van der Waals surface area (Å²) in [6.45, 7) is 7.99. The maximum Gasteiger partial charge on any atom is 0.341 e. The highest BCUT2D eigenvalue weighted by Gasteiger charge is 2.28. The van der Waals surface area contributed by atoms with E-state index < -0.39 is 5.91 Å². The Bertz CT molecular complexity index is 1370. The summed E-state index contributed by atoms with van der Waals surface area (Å²) in [5.41, 5.74) is 5.99. The third kappa shape index (κ3) is 4.94. The second-order valence-electron chi connectivity index (χ2n) is 8.77. The summed E-state index contributed by atoms with van der Waals surface area (Å²) in [5.74, 6) is -0.747. The number of aromatic nitrogens is 1. The zero-order valence-electron chi connectivity index (χ0n) is 20.5. The summed E-state index contributed by atoms with van der Waals surface area (Å²) in [4.78, 5) is 27.0. The first-order valence-electron chi connectivity index (χ1n) is 11.8. The molecule has 0 fully saturated rings. The van der Waals surface area contributed by atoms with E-state index in [1.165, 1.54) is 4.88 Å². The second-order valence-corrected chi connectivity index (χ2v) is 9.85. The molecule has 35 heavy (non-hydrogen) atoms. The molecule has 0 atom stereocenters. The number of thiophene rings is 1. The average Bonchev–Trinajstić information content (AvgIpc) is 3.33. The van der Waals surface area contributed by atoms with E-state index in [4.69, 9.17) is 4.74 Å². The topological polar surface area (TPSA) is 84.1 Å². The summed E-state index contributed by atoms with van der Waals surface area (Å²) < 4.78 is 7.48. The summed E-state index contributed by atoms with van der Waals surface area (Å²) in [6.07, 6.45) is 5.64. The number of rotatable bonds is 6. The molecule has 0 radical (unpaired) electrons. The van der Waals surface area contributed by atoms with Gasteiger partial charge in [0.2, 0.25) is 0 Å². The lowest BCUT2D eigenvalue weighted by Gasteiger charge is -2.13. The van der Waals surface area contributed by atoms with Gasteiger partial charge in [-0.1, -0.05) is 12.1 Å². The summed E-state index contributed by atoms with van der Waals surface area (Å²) in [7, 11) is 0. The number of nitrogens with zero attached hydrogens (tertiary/aromatic N) is 2. The number of aryl methyl sites for hydroxylation is 3. The van der Waals surface area contributed by atoms with Crippen LogP contribution in [-0.2, 0) is 22.4 Å². The van der Waals surface area contributed by atoms with Crippen LogP contribution in [0.25, 0.3) is 11.1 Å². The van der Waals surface area contributed by atoms with Gasteiger partial charge in [0.05, 0.1) is 12.2 Å². The normalized spacial score (nSPS) is 13.2. The van der Waals surface area contributed by atoms with Crippen molar-refractivity contribution in [3.8, 4) is 11.1 Å². The number of nitriles is 1. The molecule has 4 rings (SSSR count). The molecule has 0 saturated carbocycles. The van der Waals surface area contributed by atoms with Crippen LogP contribution in [0.2, 0.25) is 0 Å². The quantitative estimate of drug-likeness (QED) is 0.260. The van der Waals surface area contributed by atoms with Crippen molar-refractivity contribution in [1.29, 1.82) is 5.26 Å². The lowest BCUT2D eigenvalue weighted by atomic mass is 9.95. The highest BCUT2D eigenvalue weighted by Crippen LogP contribution is 2.39. The number of anilines is 1. The van der Waals surface area contributed by atoms with Crippen molar-refractivity contribution in [2.24, 2.45) is 0 Å². The maximum atomic E-state index is 13.0. The van der Waals surface area contributed by atoms with Crippen LogP contribution < -0.4 is 5.32 Å². The van der Waals surface area contributed by atoms with Crippen LogP contribution >= 0.6 is 11.3 Å². The number of carbonyl (C=O) groups excluding carboxylic acids is 2. The molecule has 3 aromatic rings. The molecule has 2 heterocycles. The van der Waals surface area contributed by atoms with Gasteiger partial charge in [-0.15, -0.1) is 11.3 Å². The van der Waals surface area contributed by atoms with Crippen LogP contribution in [0.1, 0.15) is 63.1 Å². The Morgan fingerprint density at radius 2 is 1.97 bits per heavy atom. The number of esters is 1. The number of nitrogens with one attached hydrogen (secondary N) is 1. The highest BCUT2D eigenvalue weighted by atomic mass is 32.1. The van der Waals surface area contributed by atoms with Gasteiger partial charge in [0.1, 0.15) is 16.6 Å². The number of amides is 1. The number of carbonyl (C=O) groups is 2. The van der Waals surface area contributed by atoms with Gasteiger partial charge in [-0.3, -0.25) is 4.79 Å². The maximum absolute atomic E-state index is 13.0. The van der Waals surface area contributed by atoms with E-state index in [0.717, 1.165) is 58.8 Å². The summed E-state index contributed by atoms with van der Waals surface area (Å²) in [6, 6.07) is 11.4. The Hall–Kier alpha value is -3.63. The fourth-order valence-electron chi connectivity index (χ4n) is 4.59. The number of benzene rings is 1. The summed E-state index contributed by atoms with van der Waals surface area (Å²) in [5, 5.41) is 13.4. The van der Waals surface area contributed by atoms with Gasteiger partial charge in [-0.05, 0) is 94.3 Å². The van der Waals surface area contributed by atoms with Gasteiger partial charge in [-0.25, -0.2) is 4.79 Å². The Kier molecular flexibility index (Phi) is 7.23. The Labute approximate surface area is 209 Å². The molecule has 1 aliphatic carbocycles. The van der Waals surface area contributed by atoms with Crippen molar-refractivity contribution >= 4 is 35.0 Å². The fourth-order valence-corrected chi connectivity index (χ4v) is 6.08. The van der Waals surface area contributed by atoms with Crippen LogP contribution in [0.15, 0.2) is 35.9 Å². The van der Waals surface area contributed by atoms with Gasteiger partial charge in [0.25, 0.3) is 5.91 Å². The van der Waals surface area contributed by atoms with E-state index in [1.54, 1.807) is 23.5 Å². The Morgan fingerprint density at radius 1 is 1.20 bits per heavy atom. The van der Waals surface area contributed by atoms with Crippen LogP contribution in [0.4, 0.5) is 5.69 Å². The zero-order valence-corrected chi connectivity index (χ0v) is 21.3. The Morgan fingerprint density at radius 3 is 2.69 bits per heavy atom. The average molecular weight is 488 g/mol. The third-order valence-corrected chi connectivity index (χ3v) is 7.52. The molecule has 0 spiro atoms. The highest BCUT2D eigenvalue weighted by molar-refractivity contribution is 7.15. The van der Waals surface area contributed by atoms with Gasteiger partial charge in [0.15, 0.2) is 0 Å². The molecule has 6 nitrogen and oxygen atoms in total. The van der Waals surface area contributed by atoms with Gasteiger partial charge in [-0.2, -0.15) is 5.26 Å². The van der Waals surface area contributed by atoms with Crippen molar-refractivity contribution in [3.63, 3.8) is 0 Å². The monoisotopic (exact) mass is 487 g/mol. The SMILES string of the molecule is CCOC(=O)c1c(-n2c(C)cc(/C=C(\C#N)C(=O)Nc3cccc(C)c3)c2C)sc2c1CCCC2. The predicted octanol–water partition coefficient (Wildman–Crippen LogP) is 6.07. The first kappa shape index (κ1) is 24.5. The van der Waals surface area contributed by atoms with Crippen molar-refractivity contribution < 1.29 is 14.3 Å². The molecule has 1 N–H and O–H groups in total. The van der Waals surface area contributed by atoms with E-state index in [1.807, 2.05) is 58.0 Å². The molecule has 2 aromatic heterocycles. The molecule has 7 heteroatoms. The molecule has 1 aromatic carbocycles. The van der Waals surface area contributed by atoms with Crippen LogP contribution in [0.5, 0.6) is 0 Å². The zero-order chi connectivity index (χ0) is 25.1. The molecule has 0 unspecified atom stereocenters. The van der Waals surface area contributed by atoms with E-state index in [9.17, 15) is 14.9 Å². The number of hydrogen-bond acceptors (Lipinski definition) is 5. The molecular formula is C28H29N3O3S. The fraction of sp³-hybridized carbons (Fsp3) is 0.321. The molecule has 0 bridgehead atoms. The van der Waals surface area contributed by atoms with E-state index in [2.05, 4.69) is 9.88 Å². The van der Waals surface area contributed by atoms with Gasteiger partial charge in [0, 0.05) is 22.0 Å². The predicted molar refractivity (Wildman–Crippen MR) is 139 cm³/mol. The van der Waals surface area contributed by atoms with E-state index in [-0.39, 0.29) is 11.5 Å². The molecular weight excluding hydrogens is 458 g/mol. The molecule has 1 aliphatic rings. The van der Waals surface area contributed by atoms with Crippen LogP contribution in [-0.4, -0.2) is 23.1 Å². The van der Waals surface area contributed by atoms with Crippen molar-refractivity contribution in [1.82, 2.24) is 4.57 Å². The van der Waals surface area contributed by atoms with E-state index >= 15 is 0 Å². The minimum atomic E-state index is -0.457.